The molecule has 0 amide bonds. The van der Waals surface area contributed by atoms with Crippen LogP contribution in [-0.2, 0) is 11.4 Å². The Labute approximate surface area is 204 Å². The second-order valence-corrected chi connectivity index (χ2v) is 9.32. The van der Waals surface area contributed by atoms with Gasteiger partial charge in [-0.2, -0.15) is 0 Å². The molecule has 2 aromatic rings. The van der Waals surface area contributed by atoms with Crippen molar-refractivity contribution in [1.82, 2.24) is 25.2 Å². The van der Waals surface area contributed by atoms with E-state index in [2.05, 4.69) is 42.8 Å². The number of rotatable bonds is 7. The lowest BCUT2D eigenvalue weighted by Gasteiger charge is -2.31. The van der Waals surface area contributed by atoms with Crippen LogP contribution in [0, 0.1) is 17.0 Å². The number of hydrogen-bond donors (Lipinski definition) is 1. The second kappa shape index (κ2) is 10.1. The zero-order valence-electron chi connectivity index (χ0n) is 19.8. The third-order valence-electron chi connectivity index (χ3n) is 6.86. The maximum Gasteiger partial charge on any atom is 0.159 e. The minimum atomic E-state index is -0.930. The van der Waals surface area contributed by atoms with E-state index in [4.69, 9.17) is 4.84 Å². The van der Waals surface area contributed by atoms with Crippen molar-refractivity contribution in [2.45, 2.75) is 26.3 Å². The highest BCUT2D eigenvalue weighted by atomic mass is 19.2. The fourth-order valence-electron chi connectivity index (χ4n) is 5.07. The van der Waals surface area contributed by atoms with Crippen molar-refractivity contribution in [2.75, 3.05) is 32.8 Å². The van der Waals surface area contributed by atoms with Gasteiger partial charge in [0, 0.05) is 68.2 Å². The van der Waals surface area contributed by atoms with E-state index < -0.39 is 11.6 Å². The second-order valence-electron chi connectivity index (χ2n) is 9.32. The number of nitrogens with zero attached hydrogens (tertiary/aromatic N) is 5. The molecule has 0 saturated carbocycles. The molecular formula is C26H30F2N6O. The Bertz CT molecular complexity index is 1120. The number of halogens is 2. The fraction of sp³-hybridized carbons (Fsp3) is 0.385. The predicted octanol–water partition coefficient (Wildman–Crippen LogP) is 3.81. The molecule has 4 heterocycles. The van der Waals surface area contributed by atoms with E-state index in [9.17, 15) is 8.78 Å². The normalized spacial score (nSPS) is 22.8. The lowest BCUT2D eigenvalue weighted by Crippen LogP contribution is -2.38. The summed E-state index contributed by atoms with van der Waals surface area (Å²) in [7, 11) is 0. The summed E-state index contributed by atoms with van der Waals surface area (Å²) in [6, 6.07) is 7.56. The molecule has 1 unspecified atom stereocenters. The number of benzene rings is 1. The molecule has 3 aliphatic rings. The summed E-state index contributed by atoms with van der Waals surface area (Å²) in [6.07, 6.45) is 12.2. The Morgan fingerprint density at radius 2 is 1.91 bits per heavy atom. The van der Waals surface area contributed by atoms with E-state index >= 15 is 0 Å². The van der Waals surface area contributed by atoms with Gasteiger partial charge in [0.15, 0.2) is 11.6 Å². The Morgan fingerprint density at radius 3 is 2.66 bits per heavy atom. The number of nitrogens with one attached hydrogen (secondary N) is 1. The van der Waals surface area contributed by atoms with Crippen molar-refractivity contribution in [1.29, 1.82) is 0 Å². The molecule has 5 rings (SSSR count). The van der Waals surface area contributed by atoms with E-state index in [1.165, 1.54) is 18.9 Å². The molecule has 0 aliphatic carbocycles. The fourth-order valence-corrected chi connectivity index (χ4v) is 5.07. The van der Waals surface area contributed by atoms with Gasteiger partial charge in [0.25, 0.3) is 0 Å². The van der Waals surface area contributed by atoms with Crippen LogP contribution in [0.3, 0.4) is 0 Å². The monoisotopic (exact) mass is 480 g/mol. The summed E-state index contributed by atoms with van der Waals surface area (Å²) in [5.41, 5.74) is 2.77. The zero-order chi connectivity index (χ0) is 24.3. The van der Waals surface area contributed by atoms with Gasteiger partial charge in [0.1, 0.15) is 12.3 Å². The van der Waals surface area contributed by atoms with Crippen LogP contribution >= 0.6 is 0 Å². The molecule has 1 spiro atoms. The third kappa shape index (κ3) is 5.21. The topological polar surface area (TPSA) is 56.2 Å². The van der Waals surface area contributed by atoms with Gasteiger partial charge in [-0.05, 0) is 56.1 Å². The molecule has 1 atom stereocenters. The Balaban J connectivity index is 1.23. The Kier molecular flexibility index (Phi) is 6.79. The maximum absolute atomic E-state index is 13.8. The van der Waals surface area contributed by atoms with Crippen LogP contribution in [-0.4, -0.2) is 58.4 Å². The zero-order valence-corrected chi connectivity index (χ0v) is 19.8. The van der Waals surface area contributed by atoms with Crippen molar-refractivity contribution >= 4 is 5.71 Å². The predicted molar refractivity (Wildman–Crippen MR) is 130 cm³/mol. The highest BCUT2D eigenvalue weighted by molar-refractivity contribution is 6.11. The highest BCUT2D eigenvalue weighted by Crippen LogP contribution is 2.40. The Hall–Kier alpha value is -3.30. The average molecular weight is 481 g/mol. The first-order valence-electron chi connectivity index (χ1n) is 12.0. The van der Waals surface area contributed by atoms with Gasteiger partial charge in [-0.3, -0.25) is 14.9 Å². The van der Waals surface area contributed by atoms with Gasteiger partial charge in [0.05, 0.1) is 5.69 Å². The molecule has 1 aromatic heterocycles. The summed E-state index contributed by atoms with van der Waals surface area (Å²) in [5, 5.41) is 11.8. The number of hydrazine groups is 1. The number of likely N-dealkylation sites (tertiary alicyclic amines) is 1. The van der Waals surface area contributed by atoms with E-state index in [0.29, 0.717) is 29.0 Å². The molecule has 35 heavy (non-hydrogen) atoms. The first-order valence-corrected chi connectivity index (χ1v) is 12.0. The molecule has 9 heteroatoms. The maximum atomic E-state index is 13.8. The summed E-state index contributed by atoms with van der Waals surface area (Å²) in [4.78, 5) is 12.3. The van der Waals surface area contributed by atoms with E-state index in [-0.39, 0.29) is 0 Å². The molecule has 7 nitrogen and oxygen atoms in total. The van der Waals surface area contributed by atoms with Crippen LogP contribution in [0.5, 0.6) is 0 Å². The van der Waals surface area contributed by atoms with Gasteiger partial charge in [-0.1, -0.05) is 11.2 Å². The summed E-state index contributed by atoms with van der Waals surface area (Å²) in [6.45, 7) is 7.25. The minimum absolute atomic E-state index is 0.323. The molecule has 0 radical (unpaired) electrons. The molecule has 0 bridgehead atoms. The number of aromatic nitrogens is 1. The number of hydrogen-bond acceptors (Lipinski definition) is 7. The van der Waals surface area contributed by atoms with Crippen molar-refractivity contribution < 1.29 is 13.6 Å². The van der Waals surface area contributed by atoms with Crippen LogP contribution in [0.2, 0.25) is 0 Å². The van der Waals surface area contributed by atoms with Crippen LogP contribution in [0.4, 0.5) is 8.78 Å². The number of oxime groups is 1. The van der Waals surface area contributed by atoms with Crippen LogP contribution < -0.4 is 5.32 Å². The molecule has 1 aromatic carbocycles. The van der Waals surface area contributed by atoms with Crippen LogP contribution in [0.1, 0.15) is 36.6 Å². The van der Waals surface area contributed by atoms with Crippen LogP contribution in [0.25, 0.3) is 0 Å². The SMILES string of the molecule is CCO/N=C(\c1ccc(F)c(F)c1)c1ccc(CN2CCC3(CCN(N4C=CNC=C4)C3)C2)cn1. The highest BCUT2D eigenvalue weighted by Gasteiger charge is 2.44. The van der Waals surface area contributed by atoms with Gasteiger partial charge in [-0.25, -0.2) is 13.8 Å². The first-order chi connectivity index (χ1) is 17.0. The molecule has 2 saturated heterocycles. The largest absolute Gasteiger partial charge is 0.396 e. The molecule has 1 N–H and O–H groups in total. The molecule has 184 valence electrons. The molecule has 3 aliphatic heterocycles. The van der Waals surface area contributed by atoms with Crippen molar-refractivity contribution in [3.63, 3.8) is 0 Å². The van der Waals surface area contributed by atoms with E-state index in [1.54, 1.807) is 0 Å². The van der Waals surface area contributed by atoms with Crippen molar-refractivity contribution in [3.8, 4) is 0 Å². The average Bonchev–Trinajstić information content (AvgIpc) is 3.49. The van der Waals surface area contributed by atoms with Crippen LogP contribution in [0.15, 0.2) is 66.5 Å². The first kappa shape index (κ1) is 23.4. The lowest BCUT2D eigenvalue weighted by atomic mass is 9.86. The summed E-state index contributed by atoms with van der Waals surface area (Å²) < 4.78 is 27.2. The van der Waals surface area contributed by atoms with E-state index in [1.807, 2.05) is 37.7 Å². The number of pyridine rings is 1. The summed E-state index contributed by atoms with van der Waals surface area (Å²) >= 11 is 0. The third-order valence-corrected chi connectivity index (χ3v) is 6.86. The van der Waals surface area contributed by atoms with Crippen molar-refractivity contribution in [3.05, 3.63) is 89.8 Å². The van der Waals surface area contributed by atoms with Gasteiger partial charge >= 0.3 is 0 Å². The standard InChI is InChI=1S/C26H30F2N6O/c1-2-35-31-25(21-4-5-22(27)23(28)15-21)24-6-3-20(16-30-24)17-32-11-7-26(18-32)8-12-34(19-26)33-13-9-29-10-14-33/h3-6,9-10,13-16,29H,2,7-8,11-12,17-19H2,1H3/b31-25+. The smallest absolute Gasteiger partial charge is 0.159 e. The Morgan fingerprint density at radius 1 is 1.09 bits per heavy atom. The summed E-state index contributed by atoms with van der Waals surface area (Å²) in [5.74, 6) is -1.83. The van der Waals surface area contributed by atoms with Gasteiger partial charge in [0.2, 0.25) is 0 Å². The lowest BCUT2D eigenvalue weighted by molar-refractivity contribution is 0.0805. The van der Waals surface area contributed by atoms with Gasteiger partial charge < -0.3 is 10.2 Å². The molecule has 2 fully saturated rings. The minimum Gasteiger partial charge on any atom is -0.396 e. The molecular weight excluding hydrogens is 450 g/mol. The van der Waals surface area contributed by atoms with Crippen molar-refractivity contribution in [2.24, 2.45) is 10.6 Å². The quantitative estimate of drug-likeness (QED) is 0.481. The van der Waals surface area contributed by atoms with Gasteiger partial charge in [-0.15, -0.1) is 0 Å². The van der Waals surface area contributed by atoms with E-state index in [0.717, 1.165) is 50.4 Å².